The van der Waals surface area contributed by atoms with Gasteiger partial charge in [-0.2, -0.15) is 10.1 Å². The van der Waals surface area contributed by atoms with E-state index in [0.29, 0.717) is 28.9 Å². The molecule has 0 radical (unpaired) electrons. The molecule has 1 aliphatic rings. The molecule has 4 heterocycles. The van der Waals surface area contributed by atoms with E-state index in [1.807, 2.05) is 54.5 Å². The molecule has 5 rings (SSSR count). The first kappa shape index (κ1) is 18.1. The zero-order chi connectivity index (χ0) is 20.3. The molecule has 0 fully saturated rings. The van der Waals surface area contributed by atoms with E-state index >= 15 is 0 Å². The summed E-state index contributed by atoms with van der Waals surface area (Å²) in [5, 5.41) is 9.42. The molecule has 0 spiro atoms. The maximum absolute atomic E-state index is 6.29. The van der Waals surface area contributed by atoms with Crippen LogP contribution in [0.25, 0.3) is 28.5 Å². The van der Waals surface area contributed by atoms with Gasteiger partial charge in [-0.25, -0.2) is 4.98 Å². The lowest BCUT2D eigenvalue weighted by Crippen LogP contribution is -2.21. The second-order valence-electron chi connectivity index (χ2n) is 7.56. The molecule has 0 saturated heterocycles. The Labute approximate surface area is 172 Å². The van der Waals surface area contributed by atoms with Crippen molar-refractivity contribution < 1.29 is 9.26 Å². The van der Waals surface area contributed by atoms with E-state index in [1.165, 1.54) is 0 Å². The number of hydrogen-bond acceptors (Lipinski definition) is 6. The molecule has 4 aromatic rings. The van der Waals surface area contributed by atoms with Gasteiger partial charge < -0.3 is 13.8 Å². The Balaban J connectivity index is 1.70. The van der Waals surface area contributed by atoms with Crippen LogP contribution in [0.15, 0.2) is 35.2 Å². The molecule has 3 aromatic heterocycles. The molecule has 0 bridgehead atoms. The Morgan fingerprint density at radius 3 is 2.86 bits per heavy atom. The Morgan fingerprint density at radius 1 is 1.24 bits per heavy atom. The molecular formula is C20H19ClN6O2. The third kappa shape index (κ3) is 2.79. The predicted molar refractivity (Wildman–Crippen MR) is 107 cm³/mol. The van der Waals surface area contributed by atoms with E-state index < -0.39 is 5.60 Å². The summed E-state index contributed by atoms with van der Waals surface area (Å²) in [4.78, 5) is 9.14. The number of aryl methyl sites for hydroxylation is 1. The summed E-state index contributed by atoms with van der Waals surface area (Å²) in [7, 11) is 3.53. The van der Waals surface area contributed by atoms with Crippen LogP contribution in [0, 0.1) is 0 Å². The topological polar surface area (TPSA) is 83.8 Å². The van der Waals surface area contributed by atoms with Gasteiger partial charge in [-0.05, 0) is 32.0 Å². The number of imidazole rings is 1. The number of ether oxygens (including phenoxy) is 1. The van der Waals surface area contributed by atoms with Gasteiger partial charge in [0.25, 0.3) is 5.89 Å². The summed E-state index contributed by atoms with van der Waals surface area (Å²) >= 11 is 6.29. The van der Waals surface area contributed by atoms with Gasteiger partial charge in [-0.1, -0.05) is 16.8 Å². The van der Waals surface area contributed by atoms with E-state index in [0.717, 1.165) is 28.2 Å². The van der Waals surface area contributed by atoms with Crippen LogP contribution in [0.5, 0.6) is 0 Å². The fraction of sp³-hybridized carbons (Fsp3) is 0.300. The summed E-state index contributed by atoms with van der Waals surface area (Å²) in [6.07, 6.45) is 4.41. The minimum atomic E-state index is -0.654. The quantitative estimate of drug-likeness (QED) is 0.450. The Bertz CT molecular complexity index is 1240. The Hall–Kier alpha value is -2.97. The average Bonchev–Trinajstić information content (AvgIpc) is 3.39. The largest absolute Gasteiger partial charge is 0.371 e. The number of hydrogen-bond donors (Lipinski definition) is 0. The van der Waals surface area contributed by atoms with Crippen molar-refractivity contribution in [3.63, 3.8) is 0 Å². The third-order valence-electron chi connectivity index (χ3n) is 5.28. The van der Waals surface area contributed by atoms with Crippen LogP contribution >= 0.6 is 11.6 Å². The lowest BCUT2D eigenvalue weighted by atomic mass is 10.0. The first-order chi connectivity index (χ1) is 13.9. The van der Waals surface area contributed by atoms with E-state index in [4.69, 9.17) is 20.9 Å². The fourth-order valence-electron chi connectivity index (χ4n) is 3.57. The summed E-state index contributed by atoms with van der Waals surface area (Å²) in [5.41, 5.74) is 4.84. The number of rotatable bonds is 3. The first-order valence-electron chi connectivity index (χ1n) is 9.16. The molecule has 0 unspecified atom stereocenters. The van der Waals surface area contributed by atoms with Gasteiger partial charge in [0, 0.05) is 42.9 Å². The van der Waals surface area contributed by atoms with Crippen molar-refractivity contribution in [3.05, 3.63) is 52.8 Å². The summed E-state index contributed by atoms with van der Waals surface area (Å²) in [6, 6.07) is 5.77. The van der Waals surface area contributed by atoms with E-state index in [1.54, 1.807) is 13.4 Å². The molecular weight excluding hydrogens is 392 g/mol. The van der Waals surface area contributed by atoms with Crippen LogP contribution in [0.2, 0.25) is 5.02 Å². The monoisotopic (exact) mass is 410 g/mol. The fourth-order valence-corrected chi connectivity index (χ4v) is 3.74. The van der Waals surface area contributed by atoms with Gasteiger partial charge in [0.05, 0.1) is 17.1 Å². The van der Waals surface area contributed by atoms with Gasteiger partial charge in [-0.15, -0.1) is 0 Å². The number of fused-ring (bicyclic) bond motifs is 5. The van der Waals surface area contributed by atoms with Gasteiger partial charge in [0.15, 0.2) is 5.69 Å². The van der Waals surface area contributed by atoms with E-state index in [-0.39, 0.29) is 0 Å². The highest BCUT2D eigenvalue weighted by molar-refractivity contribution is 6.31. The molecule has 1 aromatic carbocycles. The molecule has 148 valence electrons. The second-order valence-corrected chi connectivity index (χ2v) is 8.00. The number of benzene rings is 1. The average molecular weight is 411 g/mol. The number of nitrogens with zero attached hydrogens (tertiary/aromatic N) is 6. The molecule has 0 amide bonds. The highest BCUT2D eigenvalue weighted by Gasteiger charge is 2.30. The number of methoxy groups -OCH3 is 1. The Kier molecular flexibility index (Phi) is 3.91. The summed E-state index contributed by atoms with van der Waals surface area (Å²) < 4.78 is 14.9. The van der Waals surface area contributed by atoms with Crippen LogP contribution < -0.4 is 0 Å². The smallest absolute Gasteiger partial charge is 0.278 e. The van der Waals surface area contributed by atoms with Gasteiger partial charge in [-0.3, -0.25) is 4.68 Å². The highest BCUT2D eigenvalue weighted by atomic mass is 35.5. The van der Waals surface area contributed by atoms with Crippen LogP contribution in [0.1, 0.15) is 30.9 Å². The van der Waals surface area contributed by atoms with Crippen LogP contribution in [-0.2, 0) is 23.8 Å². The molecule has 0 atom stereocenters. The van der Waals surface area contributed by atoms with Gasteiger partial charge in [0.2, 0.25) is 5.82 Å². The normalized spacial score (nSPS) is 13.0. The number of aromatic nitrogens is 6. The van der Waals surface area contributed by atoms with Crippen molar-refractivity contribution in [2.75, 3.05) is 7.11 Å². The van der Waals surface area contributed by atoms with Crippen LogP contribution in [-0.4, -0.2) is 36.6 Å². The SMILES string of the molecule is COC(C)(C)c1noc(-c2ncn3c2Cc2cn(C)nc2-c2cc(Cl)ccc2-3)n1. The van der Waals surface area contributed by atoms with Crippen molar-refractivity contribution in [2.45, 2.75) is 25.9 Å². The van der Waals surface area contributed by atoms with E-state index in [2.05, 4.69) is 20.2 Å². The van der Waals surface area contributed by atoms with Crippen molar-refractivity contribution in [1.82, 2.24) is 29.5 Å². The second kappa shape index (κ2) is 6.27. The van der Waals surface area contributed by atoms with Gasteiger partial charge in [0.1, 0.15) is 11.9 Å². The molecule has 0 aliphatic carbocycles. The first-order valence-corrected chi connectivity index (χ1v) is 9.54. The maximum Gasteiger partial charge on any atom is 0.278 e. The van der Waals surface area contributed by atoms with Crippen LogP contribution in [0.4, 0.5) is 0 Å². The van der Waals surface area contributed by atoms with Crippen molar-refractivity contribution in [2.24, 2.45) is 7.05 Å². The maximum atomic E-state index is 6.29. The standard InChI is InChI=1S/C20H19ClN6O2/c1-20(2,28-4)19-23-18(29-25-19)17-15-7-11-9-26(3)24-16(11)13-8-12(21)5-6-14(13)27(15)10-22-17/h5-6,8-10H,7H2,1-4H3. The van der Waals surface area contributed by atoms with Crippen LogP contribution in [0.3, 0.4) is 0 Å². The zero-order valence-electron chi connectivity index (χ0n) is 16.5. The minimum absolute atomic E-state index is 0.363. The van der Waals surface area contributed by atoms with E-state index in [9.17, 15) is 0 Å². The molecule has 1 aliphatic heterocycles. The highest BCUT2D eigenvalue weighted by Crippen LogP contribution is 2.38. The zero-order valence-corrected chi connectivity index (χ0v) is 17.2. The minimum Gasteiger partial charge on any atom is -0.371 e. The summed E-state index contributed by atoms with van der Waals surface area (Å²) in [5.74, 6) is 0.835. The molecule has 0 N–H and O–H groups in total. The van der Waals surface area contributed by atoms with Gasteiger partial charge >= 0.3 is 0 Å². The predicted octanol–water partition coefficient (Wildman–Crippen LogP) is 3.76. The van der Waals surface area contributed by atoms with Crippen molar-refractivity contribution in [3.8, 4) is 28.5 Å². The lowest BCUT2D eigenvalue weighted by molar-refractivity contribution is 0.00973. The number of halogens is 1. The summed E-state index contributed by atoms with van der Waals surface area (Å²) in [6.45, 7) is 3.77. The Morgan fingerprint density at radius 2 is 2.07 bits per heavy atom. The lowest BCUT2D eigenvalue weighted by Gasteiger charge is -2.17. The van der Waals surface area contributed by atoms with Crippen molar-refractivity contribution in [1.29, 1.82) is 0 Å². The third-order valence-corrected chi connectivity index (χ3v) is 5.51. The molecule has 29 heavy (non-hydrogen) atoms. The molecule has 8 nitrogen and oxygen atoms in total. The molecule has 0 saturated carbocycles. The van der Waals surface area contributed by atoms with Crippen molar-refractivity contribution >= 4 is 11.6 Å². The molecule has 9 heteroatoms.